The summed E-state index contributed by atoms with van der Waals surface area (Å²) in [6.07, 6.45) is 2.61. The lowest BCUT2D eigenvalue weighted by Crippen LogP contribution is -2.42. The van der Waals surface area contributed by atoms with Crippen LogP contribution in [0.15, 0.2) is 60.8 Å². The zero-order valence-electron chi connectivity index (χ0n) is 16.8. The van der Waals surface area contributed by atoms with Gasteiger partial charge in [-0.2, -0.15) is 0 Å². The third-order valence-electron chi connectivity index (χ3n) is 4.69. The first-order chi connectivity index (χ1) is 13.4. The number of hydrogen-bond acceptors (Lipinski definition) is 4. The number of carbonyl (C=O) groups is 1. The first kappa shape index (κ1) is 19.5. The molecule has 1 aromatic heterocycles. The van der Waals surface area contributed by atoms with Crippen molar-refractivity contribution in [2.75, 3.05) is 5.32 Å². The number of rotatable bonds is 6. The van der Waals surface area contributed by atoms with Crippen molar-refractivity contribution in [2.45, 2.75) is 39.7 Å². The zero-order chi connectivity index (χ0) is 20.1. The number of carbonyl (C=O) groups excluding carboxylic acids is 1. The molecule has 3 rings (SSSR count). The fraction of sp³-hybridized carbons (Fsp3) is 0.261. The number of benzene rings is 2. The minimum atomic E-state index is -0.221. The van der Waals surface area contributed by atoms with Crippen LogP contribution in [0.5, 0.6) is 0 Å². The van der Waals surface area contributed by atoms with E-state index in [9.17, 15) is 4.79 Å². The van der Waals surface area contributed by atoms with E-state index in [0.29, 0.717) is 17.2 Å². The van der Waals surface area contributed by atoms with Gasteiger partial charge in [-0.25, -0.2) is 9.97 Å². The van der Waals surface area contributed by atoms with E-state index in [4.69, 9.17) is 0 Å². The average molecular weight is 374 g/mol. The zero-order valence-corrected chi connectivity index (χ0v) is 16.8. The van der Waals surface area contributed by atoms with Crippen LogP contribution in [0.3, 0.4) is 0 Å². The predicted molar refractivity (Wildman–Crippen MR) is 114 cm³/mol. The van der Waals surface area contributed by atoms with Crippen molar-refractivity contribution in [1.82, 2.24) is 15.3 Å². The van der Waals surface area contributed by atoms with Crippen molar-refractivity contribution in [1.29, 1.82) is 0 Å². The molecule has 0 unspecified atom stereocenters. The van der Waals surface area contributed by atoms with E-state index < -0.39 is 0 Å². The molecule has 2 aromatic carbocycles. The summed E-state index contributed by atoms with van der Waals surface area (Å²) < 4.78 is 0. The molecule has 2 N–H and O–H groups in total. The van der Waals surface area contributed by atoms with Gasteiger partial charge in [0.1, 0.15) is 5.82 Å². The van der Waals surface area contributed by atoms with E-state index in [-0.39, 0.29) is 11.4 Å². The smallest absolute Gasteiger partial charge is 0.251 e. The quantitative estimate of drug-likeness (QED) is 0.629. The maximum Gasteiger partial charge on any atom is 0.251 e. The molecule has 0 saturated carbocycles. The number of aryl methyl sites for hydroxylation is 1. The Bertz CT molecular complexity index is 964. The molecule has 144 valence electrons. The Hall–Kier alpha value is -3.21. The van der Waals surface area contributed by atoms with Gasteiger partial charge in [0.15, 0.2) is 5.82 Å². The molecule has 0 atom stereocenters. The highest BCUT2D eigenvalue weighted by molar-refractivity contribution is 5.95. The second kappa shape index (κ2) is 8.21. The summed E-state index contributed by atoms with van der Waals surface area (Å²) in [5, 5.41) is 6.31. The van der Waals surface area contributed by atoms with E-state index in [1.807, 2.05) is 69.3 Å². The van der Waals surface area contributed by atoms with Gasteiger partial charge in [-0.3, -0.25) is 4.79 Å². The summed E-state index contributed by atoms with van der Waals surface area (Å²) in [6, 6.07) is 17.3. The van der Waals surface area contributed by atoms with E-state index in [2.05, 4.69) is 33.6 Å². The number of hydrogen-bond donors (Lipinski definition) is 2. The van der Waals surface area contributed by atoms with Crippen molar-refractivity contribution in [3.05, 3.63) is 71.9 Å². The predicted octanol–water partition coefficient (Wildman–Crippen LogP) is 5.11. The lowest BCUT2D eigenvalue weighted by molar-refractivity contribution is 0.0911. The summed E-state index contributed by atoms with van der Waals surface area (Å²) >= 11 is 0. The van der Waals surface area contributed by atoms with Crippen LogP contribution in [0.25, 0.3) is 11.4 Å². The molecule has 5 nitrogen and oxygen atoms in total. The Kier molecular flexibility index (Phi) is 5.73. The van der Waals surface area contributed by atoms with Gasteiger partial charge in [0.05, 0.1) is 0 Å². The first-order valence-electron chi connectivity index (χ1n) is 9.46. The third kappa shape index (κ3) is 4.94. The van der Waals surface area contributed by atoms with Gasteiger partial charge in [-0.15, -0.1) is 0 Å². The van der Waals surface area contributed by atoms with Crippen LogP contribution < -0.4 is 10.6 Å². The summed E-state index contributed by atoms with van der Waals surface area (Å²) in [7, 11) is 0. The van der Waals surface area contributed by atoms with Crippen LogP contribution in [-0.2, 0) is 0 Å². The molecular formula is C23H26N4O. The molecule has 5 heteroatoms. The minimum Gasteiger partial charge on any atom is -0.347 e. The SMILES string of the molecule is CCC(C)(C)NC(=O)c1ccc(Nc2ccnc(-c3cccc(C)c3)n2)cc1. The summed E-state index contributed by atoms with van der Waals surface area (Å²) in [6.45, 7) is 8.13. The number of nitrogens with zero attached hydrogens (tertiary/aromatic N) is 2. The lowest BCUT2D eigenvalue weighted by atomic mass is 10.0. The van der Waals surface area contributed by atoms with Crippen LogP contribution >= 0.6 is 0 Å². The Labute approximate surface area is 166 Å². The van der Waals surface area contributed by atoms with Crippen molar-refractivity contribution >= 4 is 17.4 Å². The van der Waals surface area contributed by atoms with Gasteiger partial charge in [-0.05, 0) is 63.6 Å². The molecule has 0 aliphatic heterocycles. The molecule has 28 heavy (non-hydrogen) atoms. The van der Waals surface area contributed by atoms with Crippen molar-refractivity contribution in [3.63, 3.8) is 0 Å². The first-order valence-corrected chi connectivity index (χ1v) is 9.46. The Morgan fingerprint density at radius 1 is 1.07 bits per heavy atom. The Morgan fingerprint density at radius 2 is 1.82 bits per heavy atom. The molecule has 0 bridgehead atoms. The molecule has 1 heterocycles. The van der Waals surface area contributed by atoms with Crippen LogP contribution in [0, 0.1) is 6.92 Å². The highest BCUT2D eigenvalue weighted by atomic mass is 16.1. The normalized spacial score (nSPS) is 11.1. The molecule has 0 aliphatic rings. The number of aromatic nitrogens is 2. The van der Waals surface area contributed by atoms with Crippen LogP contribution in [0.1, 0.15) is 43.1 Å². The average Bonchev–Trinajstić information content (AvgIpc) is 2.68. The molecule has 1 amide bonds. The summed E-state index contributed by atoms with van der Waals surface area (Å²) in [5.74, 6) is 1.31. The summed E-state index contributed by atoms with van der Waals surface area (Å²) in [5.41, 5.74) is 3.42. The highest BCUT2D eigenvalue weighted by Gasteiger charge is 2.18. The number of amides is 1. The van der Waals surface area contributed by atoms with Crippen LogP contribution in [0.4, 0.5) is 11.5 Å². The second-order valence-corrected chi connectivity index (χ2v) is 7.53. The largest absolute Gasteiger partial charge is 0.347 e. The van der Waals surface area contributed by atoms with Gasteiger partial charge in [-0.1, -0.05) is 30.7 Å². The minimum absolute atomic E-state index is 0.0674. The van der Waals surface area contributed by atoms with Gasteiger partial charge in [0, 0.05) is 28.6 Å². The van der Waals surface area contributed by atoms with Gasteiger partial charge in [0.25, 0.3) is 5.91 Å². The Balaban J connectivity index is 1.72. The third-order valence-corrected chi connectivity index (χ3v) is 4.69. The fourth-order valence-corrected chi connectivity index (χ4v) is 2.67. The highest BCUT2D eigenvalue weighted by Crippen LogP contribution is 2.20. The fourth-order valence-electron chi connectivity index (χ4n) is 2.67. The molecular weight excluding hydrogens is 348 g/mol. The molecule has 0 spiro atoms. The molecule has 0 radical (unpaired) electrons. The van der Waals surface area contributed by atoms with Crippen LogP contribution in [0.2, 0.25) is 0 Å². The molecule has 0 fully saturated rings. The van der Waals surface area contributed by atoms with E-state index in [1.165, 1.54) is 5.56 Å². The maximum atomic E-state index is 12.4. The monoisotopic (exact) mass is 374 g/mol. The Morgan fingerprint density at radius 3 is 2.50 bits per heavy atom. The van der Waals surface area contributed by atoms with Crippen LogP contribution in [-0.4, -0.2) is 21.4 Å². The van der Waals surface area contributed by atoms with Crippen molar-refractivity contribution in [2.24, 2.45) is 0 Å². The summed E-state index contributed by atoms with van der Waals surface area (Å²) in [4.78, 5) is 21.3. The van der Waals surface area contributed by atoms with Gasteiger partial charge in [0.2, 0.25) is 0 Å². The van der Waals surface area contributed by atoms with Gasteiger partial charge >= 0.3 is 0 Å². The lowest BCUT2D eigenvalue weighted by Gasteiger charge is -2.24. The second-order valence-electron chi connectivity index (χ2n) is 7.53. The van der Waals surface area contributed by atoms with Crippen molar-refractivity contribution in [3.8, 4) is 11.4 Å². The maximum absolute atomic E-state index is 12.4. The number of anilines is 2. The molecule has 0 saturated heterocycles. The van der Waals surface area contributed by atoms with E-state index >= 15 is 0 Å². The van der Waals surface area contributed by atoms with E-state index in [0.717, 1.165) is 17.7 Å². The molecule has 0 aliphatic carbocycles. The topological polar surface area (TPSA) is 66.9 Å². The standard InChI is InChI=1S/C23H26N4O/c1-5-23(3,4)27-22(28)17-9-11-19(12-10-17)25-20-13-14-24-21(26-20)18-8-6-7-16(2)15-18/h6-15H,5H2,1-4H3,(H,27,28)(H,24,25,26). The number of nitrogens with one attached hydrogen (secondary N) is 2. The molecule has 3 aromatic rings. The van der Waals surface area contributed by atoms with Crippen molar-refractivity contribution < 1.29 is 4.79 Å². The van der Waals surface area contributed by atoms with E-state index in [1.54, 1.807) is 6.20 Å². The van der Waals surface area contributed by atoms with Gasteiger partial charge < -0.3 is 10.6 Å².